The second kappa shape index (κ2) is 6.85. The molecule has 0 bridgehead atoms. The first-order chi connectivity index (χ1) is 7.59. The summed E-state index contributed by atoms with van der Waals surface area (Å²) in [6.07, 6.45) is 0. The van der Waals surface area contributed by atoms with Crippen molar-refractivity contribution in [2.45, 2.75) is 19.9 Å². The van der Waals surface area contributed by atoms with Gasteiger partial charge in [-0.05, 0) is 46.9 Å². The number of carbonyl (C=O) groups excluding carboxylic acids is 1. The molecule has 1 aromatic carbocycles. The molecule has 0 saturated carbocycles. The number of hydrogen-bond acceptors (Lipinski definition) is 2. The molecule has 0 unspecified atom stereocenters. The van der Waals surface area contributed by atoms with Crippen LogP contribution in [0.5, 0.6) is 0 Å². The van der Waals surface area contributed by atoms with Crippen LogP contribution in [-0.2, 0) is 0 Å². The van der Waals surface area contributed by atoms with Gasteiger partial charge in [0.15, 0.2) is 0 Å². The van der Waals surface area contributed by atoms with E-state index in [1.165, 1.54) is 0 Å². The van der Waals surface area contributed by atoms with Crippen LogP contribution in [0.1, 0.15) is 24.2 Å². The highest BCUT2D eigenvalue weighted by atomic mass is 127. The molecular weight excluding hydrogens is 315 g/mol. The maximum Gasteiger partial charge on any atom is 0.251 e. The van der Waals surface area contributed by atoms with Crippen molar-refractivity contribution >= 4 is 28.5 Å². The van der Waals surface area contributed by atoms with E-state index in [-0.39, 0.29) is 5.91 Å². The largest absolute Gasteiger partial charge is 0.351 e. The SMILES string of the molecule is CC(C)NCCNC(=O)c1ccc(I)cc1. The van der Waals surface area contributed by atoms with Gasteiger partial charge in [-0.2, -0.15) is 0 Å². The summed E-state index contributed by atoms with van der Waals surface area (Å²) in [5.74, 6) is -0.0121. The van der Waals surface area contributed by atoms with Crippen LogP contribution in [0.2, 0.25) is 0 Å². The summed E-state index contributed by atoms with van der Waals surface area (Å²) in [6.45, 7) is 5.62. The fourth-order valence-electron chi connectivity index (χ4n) is 1.24. The highest BCUT2D eigenvalue weighted by molar-refractivity contribution is 14.1. The van der Waals surface area contributed by atoms with Gasteiger partial charge in [-0.15, -0.1) is 0 Å². The molecule has 0 spiro atoms. The predicted octanol–water partition coefficient (Wildman–Crippen LogP) is 2.02. The quantitative estimate of drug-likeness (QED) is 0.640. The van der Waals surface area contributed by atoms with Gasteiger partial charge >= 0.3 is 0 Å². The van der Waals surface area contributed by atoms with Crippen molar-refractivity contribution in [1.82, 2.24) is 10.6 Å². The lowest BCUT2D eigenvalue weighted by Crippen LogP contribution is -2.34. The molecule has 0 aliphatic rings. The van der Waals surface area contributed by atoms with Gasteiger partial charge in [0.25, 0.3) is 5.91 Å². The maximum absolute atomic E-state index is 11.7. The first-order valence-corrected chi connectivity index (χ1v) is 6.44. The Bertz CT molecular complexity index is 335. The van der Waals surface area contributed by atoms with Crippen LogP contribution in [0.15, 0.2) is 24.3 Å². The Morgan fingerprint density at radius 1 is 1.25 bits per heavy atom. The van der Waals surface area contributed by atoms with Crippen LogP contribution in [0, 0.1) is 3.57 Å². The zero-order valence-corrected chi connectivity index (χ0v) is 11.7. The number of nitrogens with one attached hydrogen (secondary N) is 2. The zero-order valence-electron chi connectivity index (χ0n) is 9.59. The third kappa shape index (κ3) is 4.94. The Labute approximate surface area is 110 Å². The minimum atomic E-state index is -0.0121. The lowest BCUT2D eigenvalue weighted by atomic mass is 10.2. The van der Waals surface area contributed by atoms with Crippen LogP contribution in [-0.4, -0.2) is 25.0 Å². The molecule has 0 heterocycles. The lowest BCUT2D eigenvalue weighted by Gasteiger charge is -2.09. The molecule has 0 fully saturated rings. The van der Waals surface area contributed by atoms with E-state index in [0.717, 1.165) is 10.1 Å². The van der Waals surface area contributed by atoms with E-state index in [1.54, 1.807) is 0 Å². The van der Waals surface area contributed by atoms with Crippen molar-refractivity contribution < 1.29 is 4.79 Å². The average Bonchev–Trinajstić information content (AvgIpc) is 2.25. The Hall–Kier alpha value is -0.620. The van der Waals surface area contributed by atoms with Crippen molar-refractivity contribution in [1.29, 1.82) is 0 Å². The second-order valence-electron chi connectivity index (χ2n) is 3.87. The lowest BCUT2D eigenvalue weighted by molar-refractivity contribution is 0.0953. The standard InChI is InChI=1S/C12H17IN2O/c1-9(2)14-7-8-15-12(16)10-3-5-11(13)6-4-10/h3-6,9,14H,7-8H2,1-2H3,(H,15,16). The van der Waals surface area contributed by atoms with Crippen LogP contribution in [0.4, 0.5) is 0 Å². The van der Waals surface area contributed by atoms with Crippen LogP contribution < -0.4 is 10.6 Å². The van der Waals surface area contributed by atoms with Gasteiger partial charge in [0.2, 0.25) is 0 Å². The molecule has 0 aliphatic carbocycles. The van der Waals surface area contributed by atoms with Crippen molar-refractivity contribution in [3.8, 4) is 0 Å². The summed E-state index contributed by atoms with van der Waals surface area (Å²) in [6, 6.07) is 8.00. The first-order valence-electron chi connectivity index (χ1n) is 5.36. The minimum Gasteiger partial charge on any atom is -0.351 e. The number of amides is 1. The summed E-state index contributed by atoms with van der Waals surface area (Å²) in [7, 11) is 0. The number of carbonyl (C=O) groups is 1. The topological polar surface area (TPSA) is 41.1 Å². The molecule has 0 radical (unpaired) electrons. The third-order valence-electron chi connectivity index (χ3n) is 2.07. The molecule has 3 nitrogen and oxygen atoms in total. The van der Waals surface area contributed by atoms with Gasteiger partial charge in [-0.25, -0.2) is 0 Å². The second-order valence-corrected chi connectivity index (χ2v) is 5.12. The van der Waals surface area contributed by atoms with E-state index < -0.39 is 0 Å². The molecular formula is C12H17IN2O. The van der Waals surface area contributed by atoms with Crippen LogP contribution in [0.25, 0.3) is 0 Å². The van der Waals surface area contributed by atoms with E-state index in [9.17, 15) is 4.79 Å². The summed E-state index contributed by atoms with van der Waals surface area (Å²) in [5.41, 5.74) is 0.713. The molecule has 88 valence electrons. The molecule has 16 heavy (non-hydrogen) atoms. The van der Waals surface area contributed by atoms with E-state index in [1.807, 2.05) is 24.3 Å². The van der Waals surface area contributed by atoms with Gasteiger partial charge in [0, 0.05) is 28.3 Å². The molecule has 1 rings (SSSR count). The Balaban J connectivity index is 2.32. The summed E-state index contributed by atoms with van der Waals surface area (Å²) in [4.78, 5) is 11.7. The van der Waals surface area contributed by atoms with Crippen molar-refractivity contribution in [3.63, 3.8) is 0 Å². The highest BCUT2D eigenvalue weighted by Crippen LogP contribution is 2.06. The normalized spacial score (nSPS) is 10.5. The Morgan fingerprint density at radius 3 is 2.44 bits per heavy atom. The van der Waals surface area contributed by atoms with E-state index in [2.05, 4.69) is 47.1 Å². The van der Waals surface area contributed by atoms with Crippen molar-refractivity contribution in [2.24, 2.45) is 0 Å². The fraction of sp³-hybridized carbons (Fsp3) is 0.417. The Morgan fingerprint density at radius 2 is 1.88 bits per heavy atom. The van der Waals surface area contributed by atoms with Gasteiger partial charge in [0.05, 0.1) is 0 Å². The van der Waals surface area contributed by atoms with Gasteiger partial charge in [-0.1, -0.05) is 13.8 Å². The smallest absolute Gasteiger partial charge is 0.251 e. The van der Waals surface area contributed by atoms with Crippen molar-refractivity contribution in [2.75, 3.05) is 13.1 Å². The van der Waals surface area contributed by atoms with Crippen LogP contribution in [0.3, 0.4) is 0 Å². The molecule has 1 amide bonds. The average molecular weight is 332 g/mol. The number of rotatable bonds is 5. The van der Waals surface area contributed by atoms with Crippen molar-refractivity contribution in [3.05, 3.63) is 33.4 Å². The highest BCUT2D eigenvalue weighted by Gasteiger charge is 2.03. The monoisotopic (exact) mass is 332 g/mol. The minimum absolute atomic E-state index is 0.0121. The summed E-state index contributed by atoms with van der Waals surface area (Å²) < 4.78 is 1.13. The van der Waals surface area contributed by atoms with E-state index in [4.69, 9.17) is 0 Å². The molecule has 0 saturated heterocycles. The molecule has 1 aromatic rings. The van der Waals surface area contributed by atoms with E-state index >= 15 is 0 Å². The van der Waals surface area contributed by atoms with Gasteiger partial charge in [0.1, 0.15) is 0 Å². The molecule has 2 N–H and O–H groups in total. The fourth-order valence-corrected chi connectivity index (χ4v) is 1.60. The number of halogens is 1. The van der Waals surface area contributed by atoms with E-state index in [0.29, 0.717) is 18.2 Å². The number of hydrogen-bond donors (Lipinski definition) is 2. The summed E-state index contributed by atoms with van der Waals surface area (Å²) in [5, 5.41) is 6.12. The summed E-state index contributed by atoms with van der Waals surface area (Å²) >= 11 is 2.22. The Kier molecular flexibility index (Phi) is 5.76. The molecule has 4 heteroatoms. The number of benzene rings is 1. The molecule has 0 atom stereocenters. The third-order valence-corrected chi connectivity index (χ3v) is 2.79. The first kappa shape index (κ1) is 13.4. The zero-order chi connectivity index (χ0) is 12.0. The predicted molar refractivity (Wildman–Crippen MR) is 74.6 cm³/mol. The molecule has 0 aliphatic heterocycles. The van der Waals surface area contributed by atoms with Gasteiger partial charge in [-0.3, -0.25) is 4.79 Å². The maximum atomic E-state index is 11.7. The van der Waals surface area contributed by atoms with Gasteiger partial charge < -0.3 is 10.6 Å². The van der Waals surface area contributed by atoms with Crippen LogP contribution >= 0.6 is 22.6 Å². The molecule has 0 aromatic heterocycles.